The zero-order valence-corrected chi connectivity index (χ0v) is 22.5. The van der Waals surface area contributed by atoms with E-state index in [2.05, 4.69) is 45.9 Å². The van der Waals surface area contributed by atoms with Crippen molar-refractivity contribution in [3.05, 3.63) is 65.0 Å². The molecule has 5 rings (SSSR count). The van der Waals surface area contributed by atoms with Crippen molar-refractivity contribution in [2.24, 2.45) is 5.73 Å². The van der Waals surface area contributed by atoms with Crippen LogP contribution in [0.3, 0.4) is 0 Å². The molecule has 190 valence electrons. The first-order chi connectivity index (χ1) is 17.6. The average Bonchev–Trinajstić information content (AvgIpc) is 3.54. The fourth-order valence-corrected chi connectivity index (χ4v) is 6.61. The van der Waals surface area contributed by atoms with Crippen molar-refractivity contribution < 1.29 is 4.39 Å². The van der Waals surface area contributed by atoms with Gasteiger partial charge in [0.2, 0.25) is 0 Å². The van der Waals surface area contributed by atoms with Gasteiger partial charge in [0.1, 0.15) is 17.3 Å². The Hall–Kier alpha value is -2.46. The quantitative estimate of drug-likeness (QED) is 0.211. The van der Waals surface area contributed by atoms with Crippen LogP contribution >= 0.6 is 23.3 Å². The summed E-state index contributed by atoms with van der Waals surface area (Å²) in [5, 5.41) is 2.91. The SMILES string of the molecule is CCc1nc2ccc(C3CCN(SCCCN)CC3)cn2c1N(C)c1nc(-c2ccc(F)cc2)cs1. The first kappa shape index (κ1) is 25.2. The minimum atomic E-state index is -0.239. The molecule has 0 unspecified atom stereocenters. The van der Waals surface area contributed by atoms with Crippen molar-refractivity contribution in [1.29, 1.82) is 0 Å². The Kier molecular flexibility index (Phi) is 7.90. The van der Waals surface area contributed by atoms with Gasteiger partial charge < -0.3 is 10.6 Å². The molecule has 1 fully saturated rings. The molecule has 9 heteroatoms. The van der Waals surface area contributed by atoms with E-state index in [4.69, 9.17) is 15.7 Å². The number of piperidine rings is 1. The molecule has 0 aliphatic carbocycles. The van der Waals surface area contributed by atoms with Crippen molar-refractivity contribution >= 4 is 39.9 Å². The molecular weight excluding hydrogens is 491 g/mol. The number of benzene rings is 1. The molecule has 0 radical (unpaired) electrons. The van der Waals surface area contributed by atoms with E-state index in [-0.39, 0.29) is 5.82 Å². The Balaban J connectivity index is 1.39. The lowest BCUT2D eigenvalue weighted by molar-refractivity contribution is 0.345. The van der Waals surface area contributed by atoms with Gasteiger partial charge in [0.15, 0.2) is 5.13 Å². The summed E-state index contributed by atoms with van der Waals surface area (Å²) in [7, 11) is 2.06. The van der Waals surface area contributed by atoms with Crippen LogP contribution in [0.1, 0.15) is 43.4 Å². The molecule has 3 aromatic heterocycles. The largest absolute Gasteiger partial charge is 0.330 e. The molecule has 0 atom stereocenters. The van der Waals surface area contributed by atoms with Gasteiger partial charge in [0.25, 0.3) is 0 Å². The van der Waals surface area contributed by atoms with Crippen molar-refractivity contribution in [1.82, 2.24) is 18.7 Å². The number of thiazole rings is 1. The normalized spacial score (nSPS) is 15.1. The molecule has 1 aliphatic rings. The summed E-state index contributed by atoms with van der Waals surface area (Å²) >= 11 is 3.53. The van der Waals surface area contributed by atoms with Gasteiger partial charge in [-0.2, -0.15) is 0 Å². The maximum absolute atomic E-state index is 13.4. The van der Waals surface area contributed by atoms with Crippen LogP contribution in [-0.4, -0.2) is 51.1 Å². The second-order valence-corrected chi connectivity index (χ2v) is 11.2. The van der Waals surface area contributed by atoms with Gasteiger partial charge in [0, 0.05) is 43.0 Å². The standard InChI is InChI=1S/C27H33FN6S2/c1-3-23-26(32(2)27-31-24(18-35-27)20-5-8-22(28)9-6-20)34-17-21(7-10-25(34)30-23)19-11-14-33(15-12-19)36-16-4-13-29/h5-10,17-19H,3-4,11-16,29H2,1-2H3. The van der Waals surface area contributed by atoms with Crippen LogP contribution in [0, 0.1) is 5.82 Å². The smallest absolute Gasteiger partial charge is 0.191 e. The van der Waals surface area contributed by atoms with Crippen LogP contribution < -0.4 is 10.6 Å². The summed E-state index contributed by atoms with van der Waals surface area (Å²) in [6.07, 6.45) is 6.52. The number of fused-ring (bicyclic) bond motifs is 1. The van der Waals surface area contributed by atoms with Gasteiger partial charge in [-0.25, -0.2) is 14.4 Å². The van der Waals surface area contributed by atoms with Crippen molar-refractivity contribution in [3.63, 3.8) is 0 Å². The number of hydrogen-bond acceptors (Lipinski definition) is 7. The molecule has 4 aromatic rings. The van der Waals surface area contributed by atoms with E-state index in [0.717, 1.165) is 84.6 Å². The highest BCUT2D eigenvalue weighted by molar-refractivity contribution is 7.97. The fraction of sp³-hybridized carbons (Fsp3) is 0.407. The number of nitrogens with zero attached hydrogens (tertiary/aromatic N) is 5. The number of imidazole rings is 1. The van der Waals surface area contributed by atoms with Crippen molar-refractivity contribution in [3.8, 4) is 11.3 Å². The number of rotatable bonds is 9. The average molecular weight is 525 g/mol. The second kappa shape index (κ2) is 11.3. The molecule has 0 bridgehead atoms. The molecule has 1 aromatic carbocycles. The predicted molar refractivity (Wildman–Crippen MR) is 150 cm³/mol. The van der Waals surface area contributed by atoms with Gasteiger partial charge in [-0.1, -0.05) is 24.9 Å². The second-order valence-electron chi connectivity index (χ2n) is 9.19. The molecule has 36 heavy (non-hydrogen) atoms. The van der Waals surface area contributed by atoms with Gasteiger partial charge in [-0.15, -0.1) is 11.3 Å². The number of aromatic nitrogens is 3. The first-order valence-electron chi connectivity index (χ1n) is 12.6. The van der Waals surface area contributed by atoms with Crippen LogP contribution in [0.5, 0.6) is 0 Å². The summed E-state index contributed by atoms with van der Waals surface area (Å²) in [6, 6.07) is 10.9. The summed E-state index contributed by atoms with van der Waals surface area (Å²) in [5.41, 5.74) is 10.8. The summed E-state index contributed by atoms with van der Waals surface area (Å²) in [6.45, 7) is 5.13. The van der Waals surface area contributed by atoms with E-state index in [1.54, 1.807) is 23.5 Å². The Morgan fingerprint density at radius 2 is 1.92 bits per heavy atom. The molecule has 1 saturated heterocycles. The highest BCUT2D eigenvalue weighted by atomic mass is 32.2. The van der Waals surface area contributed by atoms with Crippen LogP contribution in [0.25, 0.3) is 16.9 Å². The Bertz CT molecular complexity index is 1290. The maximum atomic E-state index is 13.4. The summed E-state index contributed by atoms with van der Waals surface area (Å²) in [5.74, 6) is 2.48. The van der Waals surface area contributed by atoms with E-state index >= 15 is 0 Å². The lowest BCUT2D eigenvalue weighted by atomic mass is 9.91. The molecule has 2 N–H and O–H groups in total. The third-order valence-electron chi connectivity index (χ3n) is 6.80. The fourth-order valence-electron chi connectivity index (χ4n) is 4.79. The summed E-state index contributed by atoms with van der Waals surface area (Å²) < 4.78 is 18.1. The van der Waals surface area contributed by atoms with E-state index in [1.807, 2.05) is 17.3 Å². The maximum Gasteiger partial charge on any atom is 0.191 e. The third kappa shape index (κ3) is 5.29. The number of hydrogen-bond donors (Lipinski definition) is 1. The van der Waals surface area contributed by atoms with Crippen LogP contribution in [0.2, 0.25) is 0 Å². The molecule has 0 saturated carbocycles. The lowest BCUT2D eigenvalue weighted by Crippen LogP contribution is -2.28. The number of nitrogens with two attached hydrogens (primary N) is 1. The third-order valence-corrected chi connectivity index (χ3v) is 8.92. The number of pyridine rings is 1. The van der Waals surface area contributed by atoms with E-state index in [0.29, 0.717) is 5.92 Å². The zero-order valence-electron chi connectivity index (χ0n) is 20.9. The van der Waals surface area contributed by atoms with Crippen LogP contribution in [-0.2, 0) is 6.42 Å². The molecule has 4 heterocycles. The van der Waals surface area contributed by atoms with Gasteiger partial charge in [-0.05, 0) is 74.0 Å². The minimum absolute atomic E-state index is 0.239. The van der Waals surface area contributed by atoms with Crippen LogP contribution in [0.4, 0.5) is 15.3 Å². The van der Waals surface area contributed by atoms with Gasteiger partial charge >= 0.3 is 0 Å². The molecule has 6 nitrogen and oxygen atoms in total. The van der Waals surface area contributed by atoms with Crippen molar-refractivity contribution in [2.45, 2.75) is 38.5 Å². The molecule has 1 aliphatic heterocycles. The zero-order chi connectivity index (χ0) is 25.1. The Morgan fingerprint density at radius 3 is 2.64 bits per heavy atom. The minimum Gasteiger partial charge on any atom is -0.330 e. The topological polar surface area (TPSA) is 62.7 Å². The van der Waals surface area contributed by atoms with E-state index < -0.39 is 0 Å². The number of halogens is 1. The van der Waals surface area contributed by atoms with Crippen molar-refractivity contribution in [2.75, 3.05) is 37.3 Å². The monoisotopic (exact) mass is 524 g/mol. The number of aryl methyl sites for hydroxylation is 1. The Morgan fingerprint density at radius 1 is 1.14 bits per heavy atom. The predicted octanol–water partition coefficient (Wildman–Crippen LogP) is 6.10. The molecule has 0 spiro atoms. The van der Waals surface area contributed by atoms with E-state index in [9.17, 15) is 4.39 Å². The first-order valence-corrected chi connectivity index (χ1v) is 14.4. The highest BCUT2D eigenvalue weighted by Gasteiger charge is 2.23. The van der Waals surface area contributed by atoms with E-state index in [1.165, 1.54) is 17.7 Å². The summed E-state index contributed by atoms with van der Waals surface area (Å²) in [4.78, 5) is 11.9. The van der Waals surface area contributed by atoms with Crippen LogP contribution in [0.15, 0.2) is 48.0 Å². The highest BCUT2D eigenvalue weighted by Crippen LogP contribution is 2.36. The Labute approximate surface area is 220 Å². The molecular formula is C27H33FN6S2. The molecule has 0 amide bonds. The lowest BCUT2D eigenvalue weighted by Gasteiger charge is -2.31. The number of anilines is 2. The van der Waals surface area contributed by atoms with Gasteiger partial charge in [0.05, 0.1) is 11.4 Å². The van der Waals surface area contributed by atoms with Gasteiger partial charge in [-0.3, -0.25) is 8.71 Å².